The van der Waals surface area contributed by atoms with Crippen LogP contribution in [0.15, 0.2) is 65.9 Å². The molecule has 4 rings (SSSR count). The Labute approximate surface area is 237 Å². The van der Waals surface area contributed by atoms with E-state index in [9.17, 15) is 9.90 Å². The second kappa shape index (κ2) is 12.6. The first-order valence-electron chi connectivity index (χ1n) is 14.1. The van der Waals surface area contributed by atoms with Gasteiger partial charge in [-0.1, -0.05) is 49.4 Å². The van der Waals surface area contributed by atoms with E-state index >= 15 is 0 Å². The van der Waals surface area contributed by atoms with Crippen molar-refractivity contribution in [2.24, 2.45) is 5.92 Å². The van der Waals surface area contributed by atoms with E-state index in [-0.39, 0.29) is 6.10 Å². The number of nitrogens with zero attached hydrogens (tertiary/aromatic N) is 5. The molecule has 0 saturated carbocycles. The lowest BCUT2D eigenvalue weighted by Crippen LogP contribution is -2.34. The van der Waals surface area contributed by atoms with Crippen LogP contribution in [0.4, 0.5) is 0 Å². The Hall–Kier alpha value is -3.78. The minimum atomic E-state index is -0.862. The maximum Gasteiger partial charge on any atom is 0.307 e. The van der Waals surface area contributed by atoms with Crippen molar-refractivity contribution in [3.63, 3.8) is 0 Å². The third-order valence-corrected chi connectivity index (χ3v) is 8.03. The average Bonchev–Trinajstić information content (AvgIpc) is 3.28. The minimum absolute atomic E-state index is 0.0616. The number of carboxylic acids is 1. The van der Waals surface area contributed by atoms with Crippen molar-refractivity contribution in [2.45, 2.75) is 73.1 Å². The quantitative estimate of drug-likeness (QED) is 0.310. The number of fused-ring (bicyclic) bond motifs is 2. The van der Waals surface area contributed by atoms with Crippen LogP contribution in [0.2, 0.25) is 0 Å². The van der Waals surface area contributed by atoms with Crippen molar-refractivity contribution in [1.29, 1.82) is 0 Å². The number of hydrogen-bond donors (Lipinski definition) is 1. The highest BCUT2D eigenvalue weighted by atomic mass is 16.5. The number of aliphatic carboxylic acids is 1. The van der Waals surface area contributed by atoms with E-state index < -0.39 is 17.8 Å². The number of pyridine rings is 1. The number of ether oxygens (including phenoxy) is 1. The third-order valence-electron chi connectivity index (χ3n) is 8.03. The Morgan fingerprint density at radius 2 is 2.08 bits per heavy atom. The molecule has 1 aliphatic heterocycles. The van der Waals surface area contributed by atoms with Gasteiger partial charge in [0.25, 0.3) is 0 Å². The molecule has 0 unspecified atom stereocenters. The van der Waals surface area contributed by atoms with E-state index in [2.05, 4.69) is 52.8 Å². The van der Waals surface area contributed by atoms with Gasteiger partial charge in [0.05, 0.1) is 17.1 Å². The van der Waals surface area contributed by atoms with Crippen molar-refractivity contribution in [3.8, 4) is 5.75 Å². The number of aromatic nitrogens is 4. The van der Waals surface area contributed by atoms with Gasteiger partial charge in [0.1, 0.15) is 17.4 Å². The summed E-state index contributed by atoms with van der Waals surface area (Å²) in [6.07, 6.45) is 6.93. The zero-order valence-corrected chi connectivity index (χ0v) is 24.5. The van der Waals surface area contributed by atoms with Crippen LogP contribution in [0.1, 0.15) is 63.8 Å². The SMILES string of the molecule is C=C(/C=C(CN1Cc2ncccc2O[C@H](CC)C1)\C(C)=C/C)[C@@H](c1ccc2c(nnn2CC)c1C)[C@@H](C)C(=O)O. The molecule has 0 spiro atoms. The molecule has 0 amide bonds. The summed E-state index contributed by atoms with van der Waals surface area (Å²) in [6, 6.07) is 7.90. The maximum atomic E-state index is 12.3. The smallest absolute Gasteiger partial charge is 0.307 e. The van der Waals surface area contributed by atoms with Gasteiger partial charge in [0, 0.05) is 38.3 Å². The monoisotopic (exact) mass is 543 g/mol. The van der Waals surface area contributed by atoms with Gasteiger partial charge < -0.3 is 9.84 Å². The summed E-state index contributed by atoms with van der Waals surface area (Å²) in [5, 5.41) is 18.8. The van der Waals surface area contributed by atoms with E-state index in [0.717, 1.165) is 63.3 Å². The number of aryl methyl sites for hydroxylation is 2. The molecule has 1 N–H and O–H groups in total. The maximum absolute atomic E-state index is 12.3. The van der Waals surface area contributed by atoms with Crippen LogP contribution in [-0.2, 0) is 17.9 Å². The highest BCUT2D eigenvalue weighted by Gasteiger charge is 2.30. The van der Waals surface area contributed by atoms with Crippen LogP contribution in [0, 0.1) is 12.8 Å². The van der Waals surface area contributed by atoms with E-state index in [1.807, 2.05) is 49.7 Å². The predicted molar refractivity (Wildman–Crippen MR) is 158 cm³/mol. The van der Waals surface area contributed by atoms with E-state index in [0.29, 0.717) is 19.6 Å². The zero-order valence-electron chi connectivity index (χ0n) is 24.5. The van der Waals surface area contributed by atoms with Gasteiger partial charge in [-0.2, -0.15) is 0 Å². The van der Waals surface area contributed by atoms with Gasteiger partial charge >= 0.3 is 5.97 Å². The summed E-state index contributed by atoms with van der Waals surface area (Å²) >= 11 is 0. The first-order valence-corrected chi connectivity index (χ1v) is 14.1. The highest BCUT2D eigenvalue weighted by Crippen LogP contribution is 2.37. The van der Waals surface area contributed by atoms with Crippen LogP contribution < -0.4 is 4.74 Å². The molecule has 212 valence electrons. The average molecular weight is 544 g/mol. The predicted octanol–water partition coefficient (Wildman–Crippen LogP) is 6.08. The molecule has 2 aromatic heterocycles. The van der Waals surface area contributed by atoms with Crippen LogP contribution >= 0.6 is 0 Å². The third kappa shape index (κ3) is 6.02. The molecular formula is C32H41N5O3. The van der Waals surface area contributed by atoms with E-state index in [1.165, 1.54) is 0 Å². The largest absolute Gasteiger partial charge is 0.487 e. The molecule has 0 aliphatic carbocycles. The lowest BCUT2D eigenvalue weighted by molar-refractivity contribution is -0.141. The molecule has 0 saturated heterocycles. The Bertz CT molecular complexity index is 1450. The van der Waals surface area contributed by atoms with Gasteiger partial charge in [-0.25, -0.2) is 4.68 Å². The van der Waals surface area contributed by atoms with E-state index in [4.69, 9.17) is 4.74 Å². The van der Waals surface area contributed by atoms with Crippen molar-refractivity contribution in [2.75, 3.05) is 13.1 Å². The molecule has 3 atom stereocenters. The Morgan fingerprint density at radius 3 is 2.75 bits per heavy atom. The fourth-order valence-corrected chi connectivity index (χ4v) is 5.47. The Kier molecular flexibility index (Phi) is 9.20. The Morgan fingerprint density at radius 1 is 1.30 bits per heavy atom. The van der Waals surface area contributed by atoms with Crippen LogP contribution in [0.3, 0.4) is 0 Å². The molecule has 40 heavy (non-hydrogen) atoms. The molecule has 3 heterocycles. The van der Waals surface area contributed by atoms with E-state index in [1.54, 1.807) is 13.1 Å². The first-order chi connectivity index (χ1) is 19.2. The summed E-state index contributed by atoms with van der Waals surface area (Å²) in [6.45, 7) is 19.3. The number of benzene rings is 1. The highest BCUT2D eigenvalue weighted by molar-refractivity contribution is 5.81. The zero-order chi connectivity index (χ0) is 29.0. The summed E-state index contributed by atoms with van der Waals surface area (Å²) in [5.41, 5.74) is 7.50. The van der Waals surface area contributed by atoms with Gasteiger partial charge in [-0.15, -0.1) is 5.10 Å². The lowest BCUT2D eigenvalue weighted by Gasteiger charge is -2.27. The molecule has 3 aromatic rings. The number of carbonyl (C=O) groups is 1. The van der Waals surface area contributed by atoms with Crippen LogP contribution in [0.5, 0.6) is 5.75 Å². The fraction of sp³-hybridized carbons (Fsp3) is 0.438. The summed E-state index contributed by atoms with van der Waals surface area (Å²) in [5.74, 6) is -1.12. The second-order valence-corrected chi connectivity index (χ2v) is 10.6. The van der Waals surface area contributed by atoms with Gasteiger partial charge in [-0.3, -0.25) is 14.7 Å². The van der Waals surface area contributed by atoms with Crippen molar-refractivity contribution in [3.05, 3.63) is 82.7 Å². The second-order valence-electron chi connectivity index (χ2n) is 10.6. The topological polar surface area (TPSA) is 93.4 Å². The standard InChI is InChI=1S/C32H41N5O3/c1-8-20(4)24(17-36-18-25(9-2)40-29-12-11-15-33-27(29)19-36)16-21(5)30(23(7)32(38)39)26-13-14-28-31(22(26)6)34-35-37(28)10-3/h8,11-16,23,25,30H,5,9-10,17-19H2,1-4,6-7H3,(H,38,39)/b20-8-,24-16-/t23-,25-,30-/m1/s1. The van der Waals surface area contributed by atoms with Gasteiger partial charge in [0.15, 0.2) is 0 Å². The number of hydrogen-bond acceptors (Lipinski definition) is 6. The molecule has 1 aromatic carbocycles. The number of carboxylic acid groups (broad SMARTS) is 1. The minimum Gasteiger partial charge on any atom is -0.487 e. The van der Waals surface area contributed by atoms with Gasteiger partial charge in [0.2, 0.25) is 0 Å². The molecule has 8 nitrogen and oxygen atoms in total. The summed E-state index contributed by atoms with van der Waals surface area (Å²) in [7, 11) is 0. The Balaban J connectivity index is 1.72. The fourth-order valence-electron chi connectivity index (χ4n) is 5.47. The molecule has 0 fully saturated rings. The molecule has 1 aliphatic rings. The molecular weight excluding hydrogens is 502 g/mol. The van der Waals surface area contributed by atoms with Crippen LogP contribution in [-0.4, -0.2) is 55.1 Å². The van der Waals surface area contributed by atoms with Crippen molar-refractivity contribution < 1.29 is 14.6 Å². The molecule has 8 heteroatoms. The first kappa shape index (κ1) is 29.2. The molecule has 0 radical (unpaired) electrons. The van der Waals surface area contributed by atoms with Gasteiger partial charge in [-0.05, 0) is 74.6 Å². The number of allylic oxidation sites excluding steroid dienone is 3. The number of rotatable bonds is 10. The van der Waals surface area contributed by atoms with Crippen LogP contribution in [0.25, 0.3) is 11.0 Å². The van der Waals surface area contributed by atoms with Crippen molar-refractivity contribution in [1.82, 2.24) is 24.9 Å². The summed E-state index contributed by atoms with van der Waals surface area (Å²) < 4.78 is 8.12. The summed E-state index contributed by atoms with van der Waals surface area (Å²) in [4.78, 5) is 19.3. The van der Waals surface area contributed by atoms with Crippen molar-refractivity contribution >= 4 is 17.0 Å². The lowest BCUT2D eigenvalue weighted by atomic mass is 9.79. The normalized spacial score (nSPS) is 18.1. The molecule has 0 bridgehead atoms.